The third kappa shape index (κ3) is 3.32. The highest BCUT2D eigenvalue weighted by Gasteiger charge is 2.32. The van der Waals surface area contributed by atoms with Crippen LogP contribution in [0.25, 0.3) is 0 Å². The summed E-state index contributed by atoms with van der Waals surface area (Å²) in [4.78, 5) is 2.40. The van der Waals surface area contributed by atoms with Gasteiger partial charge in [0.05, 0.1) is 35.7 Å². The molecule has 0 aromatic carbocycles. The maximum absolute atomic E-state index is 6.27. The lowest BCUT2D eigenvalue weighted by Gasteiger charge is -2.36. The first kappa shape index (κ1) is 15.7. The van der Waals surface area contributed by atoms with E-state index in [-0.39, 0.29) is 12.1 Å². The second-order valence-electron chi connectivity index (χ2n) is 5.05. The lowest BCUT2D eigenvalue weighted by Crippen LogP contribution is -2.50. The summed E-state index contributed by atoms with van der Waals surface area (Å²) in [6.07, 6.45) is 2.79. The van der Waals surface area contributed by atoms with Crippen molar-refractivity contribution in [3.8, 4) is 0 Å². The molecule has 2 atom stereocenters. The van der Waals surface area contributed by atoms with E-state index in [1.807, 2.05) is 11.6 Å². The third-order valence-electron chi connectivity index (χ3n) is 3.70. The minimum Gasteiger partial charge on any atom is -0.373 e. The van der Waals surface area contributed by atoms with E-state index >= 15 is 0 Å². The molecule has 0 aliphatic carbocycles. The Kier molecular flexibility index (Phi) is 5.80. The quantitative estimate of drug-likeness (QED) is 0.610. The molecule has 1 aliphatic heterocycles. The number of aryl methyl sites for hydroxylation is 1. The Morgan fingerprint density at radius 1 is 1.60 bits per heavy atom. The minimum atomic E-state index is -0.149. The molecule has 6 nitrogen and oxygen atoms in total. The van der Waals surface area contributed by atoms with Crippen LogP contribution in [0.1, 0.15) is 32.0 Å². The van der Waals surface area contributed by atoms with Crippen LogP contribution in [-0.4, -0.2) is 47.0 Å². The molecule has 0 bridgehead atoms. The van der Waals surface area contributed by atoms with Crippen LogP contribution in [-0.2, 0) is 11.3 Å². The van der Waals surface area contributed by atoms with Crippen molar-refractivity contribution in [1.29, 1.82) is 0 Å². The Balaban J connectivity index is 2.16. The van der Waals surface area contributed by atoms with Crippen LogP contribution in [0.4, 0.5) is 0 Å². The zero-order chi connectivity index (χ0) is 14.5. The summed E-state index contributed by atoms with van der Waals surface area (Å²) in [6.45, 7) is 8.61. The Morgan fingerprint density at radius 2 is 2.40 bits per heavy atom. The van der Waals surface area contributed by atoms with E-state index in [0.717, 1.165) is 44.9 Å². The van der Waals surface area contributed by atoms with Crippen molar-refractivity contribution in [2.45, 2.75) is 39.0 Å². The van der Waals surface area contributed by atoms with Gasteiger partial charge in [-0.15, -0.1) is 0 Å². The summed E-state index contributed by atoms with van der Waals surface area (Å²) < 4.78 is 7.77. The van der Waals surface area contributed by atoms with Crippen LogP contribution in [0.2, 0.25) is 5.02 Å². The number of morpholine rings is 1. The van der Waals surface area contributed by atoms with Crippen molar-refractivity contribution in [2.75, 3.05) is 26.2 Å². The number of nitrogens with two attached hydrogens (primary N) is 1. The molecule has 0 radical (unpaired) electrons. The molecule has 1 fully saturated rings. The van der Waals surface area contributed by atoms with E-state index < -0.39 is 0 Å². The van der Waals surface area contributed by atoms with Gasteiger partial charge in [-0.2, -0.15) is 5.10 Å². The summed E-state index contributed by atoms with van der Waals surface area (Å²) in [5.41, 5.74) is 3.76. The van der Waals surface area contributed by atoms with Crippen LogP contribution in [0.5, 0.6) is 0 Å². The average Bonchev–Trinajstić information content (AvgIpc) is 2.82. The van der Waals surface area contributed by atoms with Gasteiger partial charge in [0, 0.05) is 19.6 Å². The third-order valence-corrected chi connectivity index (χ3v) is 3.99. The van der Waals surface area contributed by atoms with Crippen molar-refractivity contribution in [2.24, 2.45) is 5.84 Å². The molecule has 1 aromatic heterocycles. The molecule has 2 heterocycles. The van der Waals surface area contributed by atoms with Gasteiger partial charge >= 0.3 is 0 Å². The first-order valence-electron chi connectivity index (χ1n) is 7.22. The van der Waals surface area contributed by atoms with Gasteiger partial charge in [0.15, 0.2) is 0 Å². The van der Waals surface area contributed by atoms with Crippen LogP contribution >= 0.6 is 11.6 Å². The van der Waals surface area contributed by atoms with Crippen molar-refractivity contribution in [1.82, 2.24) is 20.1 Å². The van der Waals surface area contributed by atoms with Crippen LogP contribution in [0.3, 0.4) is 0 Å². The summed E-state index contributed by atoms with van der Waals surface area (Å²) in [5, 5.41) is 4.90. The molecule has 7 heteroatoms. The summed E-state index contributed by atoms with van der Waals surface area (Å²) in [6, 6.07) is -0.149. The zero-order valence-corrected chi connectivity index (χ0v) is 12.9. The summed E-state index contributed by atoms with van der Waals surface area (Å²) in [5.74, 6) is 5.76. The number of hydrogen-bond donors (Lipinski definition) is 2. The molecule has 0 amide bonds. The van der Waals surface area contributed by atoms with Crippen molar-refractivity contribution < 1.29 is 4.74 Å². The molecule has 1 aromatic rings. The Hall–Kier alpha value is -0.660. The standard InChI is InChI=1S/C13H24ClN5O/c1-3-5-18-6-7-20-11(9-18)12(17-15)13-10(14)8-16-19(13)4-2/h8,11-12,17H,3-7,9,15H2,1-2H3. The SMILES string of the molecule is CCCN1CCOC(C(NN)c2c(Cl)cnn2CC)C1. The van der Waals surface area contributed by atoms with Gasteiger partial charge in [-0.25, -0.2) is 5.43 Å². The van der Waals surface area contributed by atoms with Crippen molar-refractivity contribution in [3.63, 3.8) is 0 Å². The smallest absolute Gasteiger partial charge is 0.0925 e. The second-order valence-corrected chi connectivity index (χ2v) is 5.45. The topological polar surface area (TPSA) is 68.3 Å². The van der Waals surface area contributed by atoms with E-state index in [1.54, 1.807) is 6.20 Å². The van der Waals surface area contributed by atoms with Gasteiger partial charge in [0.2, 0.25) is 0 Å². The van der Waals surface area contributed by atoms with Gasteiger partial charge in [-0.05, 0) is 19.9 Å². The van der Waals surface area contributed by atoms with Crippen molar-refractivity contribution in [3.05, 3.63) is 16.9 Å². The molecule has 3 N–H and O–H groups in total. The molecule has 2 unspecified atom stereocenters. The molecular weight excluding hydrogens is 278 g/mol. The van der Waals surface area contributed by atoms with E-state index in [9.17, 15) is 0 Å². The Bertz CT molecular complexity index is 423. The number of rotatable bonds is 6. The highest BCUT2D eigenvalue weighted by atomic mass is 35.5. The fraction of sp³-hybridized carbons (Fsp3) is 0.769. The van der Waals surface area contributed by atoms with Crippen LogP contribution in [0, 0.1) is 0 Å². The zero-order valence-electron chi connectivity index (χ0n) is 12.2. The molecular formula is C13H24ClN5O. The Morgan fingerprint density at radius 3 is 3.05 bits per heavy atom. The minimum absolute atomic E-state index is 0.0141. The van der Waals surface area contributed by atoms with Crippen LogP contribution in [0.15, 0.2) is 6.20 Å². The number of hydrazine groups is 1. The predicted molar refractivity (Wildman–Crippen MR) is 79.4 cm³/mol. The monoisotopic (exact) mass is 301 g/mol. The lowest BCUT2D eigenvalue weighted by molar-refractivity contribution is -0.0484. The average molecular weight is 302 g/mol. The largest absolute Gasteiger partial charge is 0.373 e. The number of nitrogens with zero attached hydrogens (tertiary/aromatic N) is 3. The van der Waals surface area contributed by atoms with Gasteiger partial charge in [0.1, 0.15) is 0 Å². The maximum Gasteiger partial charge on any atom is 0.0925 e. The molecule has 0 saturated carbocycles. The number of ether oxygens (including phenoxy) is 1. The van der Waals surface area contributed by atoms with Crippen molar-refractivity contribution >= 4 is 11.6 Å². The van der Waals surface area contributed by atoms with E-state index in [1.165, 1.54) is 0 Å². The number of halogens is 1. The molecule has 20 heavy (non-hydrogen) atoms. The van der Waals surface area contributed by atoms with Gasteiger partial charge in [-0.1, -0.05) is 18.5 Å². The fourth-order valence-electron chi connectivity index (χ4n) is 2.75. The van der Waals surface area contributed by atoms with Gasteiger partial charge in [0.25, 0.3) is 0 Å². The van der Waals surface area contributed by atoms with Gasteiger partial charge < -0.3 is 4.74 Å². The van der Waals surface area contributed by atoms with Gasteiger partial charge in [-0.3, -0.25) is 15.4 Å². The molecule has 1 saturated heterocycles. The molecule has 114 valence electrons. The highest BCUT2D eigenvalue weighted by Crippen LogP contribution is 2.27. The lowest BCUT2D eigenvalue weighted by atomic mass is 10.1. The van der Waals surface area contributed by atoms with E-state index in [4.69, 9.17) is 22.2 Å². The molecule has 0 spiro atoms. The van der Waals surface area contributed by atoms with E-state index in [0.29, 0.717) is 5.02 Å². The number of nitrogens with one attached hydrogen (secondary N) is 1. The first-order valence-corrected chi connectivity index (χ1v) is 7.60. The normalized spacial score (nSPS) is 22.1. The maximum atomic E-state index is 6.27. The molecule has 2 rings (SSSR count). The van der Waals surface area contributed by atoms with Crippen LogP contribution < -0.4 is 11.3 Å². The second kappa shape index (κ2) is 7.38. The number of aromatic nitrogens is 2. The highest BCUT2D eigenvalue weighted by molar-refractivity contribution is 6.31. The number of hydrogen-bond acceptors (Lipinski definition) is 5. The Labute approximate surface area is 125 Å². The predicted octanol–water partition coefficient (Wildman–Crippen LogP) is 1.17. The summed E-state index contributed by atoms with van der Waals surface area (Å²) in [7, 11) is 0. The first-order chi connectivity index (χ1) is 9.71. The summed E-state index contributed by atoms with van der Waals surface area (Å²) >= 11 is 6.27. The molecule has 1 aliphatic rings. The van der Waals surface area contributed by atoms with E-state index in [2.05, 4.69) is 22.3 Å². The fourth-order valence-corrected chi connectivity index (χ4v) is 3.01.